The standard InChI is InChI=1S/C74H75BBrClN2/c1-70(2,3)50-30-22-46(23-31-50)57-18-16-19-58(47-24-32-51(33-25-47)71(4,5)6)68(57)78-63-41-38-55(76)44-62(63)75-61-40-39-56(77)45-64(61)79(66-43-54(74(13,14)15)42-65(78)67(66)75)69-59(48-26-34-52(35-27-48)72(7,8)9)20-17-21-60(69)49-28-36-53(37-29-49)73(10,11)12/h16-45H,1-15H3. The lowest BCUT2D eigenvalue weighted by Gasteiger charge is -2.46. The van der Waals surface area contributed by atoms with Gasteiger partial charge in [0.25, 0.3) is 6.71 Å². The van der Waals surface area contributed by atoms with Crippen molar-refractivity contribution in [3.05, 3.63) is 219 Å². The minimum atomic E-state index is -0.241. The van der Waals surface area contributed by atoms with Crippen LogP contribution >= 0.6 is 27.5 Å². The molecule has 2 nitrogen and oxygen atoms in total. The Labute approximate surface area is 486 Å². The number of hydrogen-bond donors (Lipinski definition) is 0. The fourth-order valence-corrected chi connectivity index (χ4v) is 12.5. The number of halogens is 2. The molecule has 5 heteroatoms. The summed E-state index contributed by atoms with van der Waals surface area (Å²) in [5.74, 6) is 0. The summed E-state index contributed by atoms with van der Waals surface area (Å²) in [7, 11) is 0. The zero-order valence-electron chi connectivity index (χ0n) is 49.0. The van der Waals surface area contributed by atoms with Gasteiger partial charge in [-0.2, -0.15) is 0 Å². The maximum absolute atomic E-state index is 7.34. The molecular weight excluding hydrogens is 1040 g/mol. The summed E-state index contributed by atoms with van der Waals surface area (Å²) in [4.78, 5) is 5.23. The first kappa shape index (κ1) is 54.4. The van der Waals surface area contributed by atoms with Crippen LogP contribution < -0.4 is 26.2 Å². The first-order chi connectivity index (χ1) is 37.2. The van der Waals surface area contributed by atoms with Crippen molar-refractivity contribution in [1.29, 1.82) is 0 Å². The third kappa shape index (κ3) is 10.0. The maximum Gasteiger partial charge on any atom is 0.252 e. The van der Waals surface area contributed by atoms with E-state index in [0.29, 0.717) is 5.02 Å². The molecular formula is C74H75BBrClN2. The van der Waals surface area contributed by atoms with E-state index in [0.717, 1.165) is 55.2 Å². The van der Waals surface area contributed by atoms with Gasteiger partial charge in [0.15, 0.2) is 0 Å². The molecule has 0 aliphatic carbocycles. The van der Waals surface area contributed by atoms with E-state index in [1.807, 2.05) is 0 Å². The maximum atomic E-state index is 7.34. The van der Waals surface area contributed by atoms with Crippen LogP contribution in [0.1, 0.15) is 132 Å². The highest BCUT2D eigenvalue weighted by Gasteiger charge is 2.46. The highest BCUT2D eigenvalue weighted by atomic mass is 79.9. The van der Waals surface area contributed by atoms with Gasteiger partial charge in [0, 0.05) is 54.5 Å². The van der Waals surface area contributed by atoms with E-state index in [2.05, 4.69) is 312 Å². The van der Waals surface area contributed by atoms with Crippen LogP contribution in [0.2, 0.25) is 5.02 Å². The molecule has 0 aromatic heterocycles. The molecule has 0 amide bonds. The third-order valence-corrected chi connectivity index (χ3v) is 17.4. The van der Waals surface area contributed by atoms with Crippen molar-refractivity contribution >= 4 is 84.8 Å². The number of nitrogens with zero attached hydrogens (tertiary/aromatic N) is 2. The Bertz CT molecular complexity index is 3650. The predicted octanol–water partition coefficient (Wildman–Crippen LogP) is 20.3. The van der Waals surface area contributed by atoms with Crippen LogP contribution in [0.15, 0.2) is 186 Å². The highest BCUT2D eigenvalue weighted by molar-refractivity contribution is 9.10. The molecule has 0 saturated carbocycles. The lowest BCUT2D eigenvalue weighted by molar-refractivity contribution is 0.590. The smallest absolute Gasteiger partial charge is 0.252 e. The van der Waals surface area contributed by atoms with Gasteiger partial charge < -0.3 is 9.80 Å². The molecule has 0 saturated heterocycles. The fraction of sp³-hybridized carbons (Fsp3) is 0.270. The van der Waals surface area contributed by atoms with E-state index in [1.54, 1.807) is 0 Å². The van der Waals surface area contributed by atoms with Gasteiger partial charge in [0.1, 0.15) is 0 Å². The topological polar surface area (TPSA) is 6.48 Å². The van der Waals surface area contributed by atoms with E-state index in [4.69, 9.17) is 11.6 Å². The Morgan fingerprint density at radius 3 is 1.01 bits per heavy atom. The molecule has 0 radical (unpaired) electrons. The zero-order valence-corrected chi connectivity index (χ0v) is 51.4. The van der Waals surface area contributed by atoms with Gasteiger partial charge in [-0.1, -0.05) is 277 Å². The average Bonchev–Trinajstić information content (AvgIpc) is 2.15. The highest BCUT2D eigenvalue weighted by Crippen LogP contribution is 2.54. The summed E-state index contributed by atoms with van der Waals surface area (Å²) in [5, 5.41) is 0.697. The zero-order chi connectivity index (χ0) is 56.3. The second-order valence-corrected chi connectivity index (χ2v) is 28.8. The fourth-order valence-electron chi connectivity index (χ4n) is 12.0. The number of rotatable bonds is 6. The van der Waals surface area contributed by atoms with Crippen molar-refractivity contribution in [3.63, 3.8) is 0 Å². The number of para-hydroxylation sites is 2. The van der Waals surface area contributed by atoms with Crippen LogP contribution in [0.4, 0.5) is 34.1 Å². The molecule has 0 fully saturated rings. The largest absolute Gasteiger partial charge is 0.310 e. The Hall–Kier alpha value is -6.59. The van der Waals surface area contributed by atoms with Crippen molar-refractivity contribution in [2.75, 3.05) is 9.80 Å². The van der Waals surface area contributed by atoms with Crippen molar-refractivity contribution < 1.29 is 0 Å². The van der Waals surface area contributed by atoms with Gasteiger partial charge in [0.05, 0.1) is 11.4 Å². The third-order valence-electron chi connectivity index (χ3n) is 16.6. The van der Waals surface area contributed by atoms with Gasteiger partial charge in [-0.15, -0.1) is 0 Å². The van der Waals surface area contributed by atoms with Crippen molar-refractivity contribution in [3.8, 4) is 44.5 Å². The summed E-state index contributed by atoms with van der Waals surface area (Å²) in [6.45, 7) is 34.4. The first-order valence-corrected chi connectivity index (χ1v) is 29.4. The van der Waals surface area contributed by atoms with Crippen LogP contribution in [-0.2, 0) is 27.1 Å². The molecule has 9 aromatic carbocycles. The summed E-state index contributed by atoms with van der Waals surface area (Å²) in [6.07, 6.45) is 0. The monoisotopic (exact) mass is 1120 g/mol. The summed E-state index contributed by atoms with van der Waals surface area (Å²) in [5.41, 5.74) is 26.1. The number of benzene rings is 9. The molecule has 2 heterocycles. The lowest BCUT2D eigenvalue weighted by Crippen LogP contribution is -2.61. The predicted molar refractivity (Wildman–Crippen MR) is 348 cm³/mol. The quantitative estimate of drug-likeness (QED) is 0.153. The SMILES string of the molecule is CC(C)(C)c1ccc(-c2cccc(-c3ccc(C(C)(C)C)cc3)c2N2c3ccc(Br)cc3B3c4ccc(Cl)cc4N(c4c(-c5ccc(C(C)(C)C)cc5)cccc4-c4ccc(C(C)(C)C)cc4)c4cc(C(C)(C)C)cc2c43)cc1. The van der Waals surface area contributed by atoms with E-state index >= 15 is 0 Å². The molecule has 2 aliphatic heterocycles. The van der Waals surface area contributed by atoms with Crippen molar-refractivity contribution in [2.45, 2.75) is 131 Å². The molecule has 79 heavy (non-hydrogen) atoms. The van der Waals surface area contributed by atoms with E-state index in [9.17, 15) is 0 Å². The Kier molecular flexibility index (Phi) is 13.5. The van der Waals surface area contributed by atoms with Gasteiger partial charge >= 0.3 is 0 Å². The number of anilines is 6. The molecule has 398 valence electrons. The minimum Gasteiger partial charge on any atom is -0.310 e. The lowest BCUT2D eigenvalue weighted by atomic mass is 9.33. The number of fused-ring (bicyclic) bond motifs is 4. The molecule has 0 bridgehead atoms. The van der Waals surface area contributed by atoms with Crippen LogP contribution in [0.25, 0.3) is 44.5 Å². The van der Waals surface area contributed by atoms with Gasteiger partial charge in [0.2, 0.25) is 0 Å². The second kappa shape index (κ2) is 19.6. The van der Waals surface area contributed by atoms with Crippen molar-refractivity contribution in [2.24, 2.45) is 0 Å². The van der Waals surface area contributed by atoms with Gasteiger partial charge in [-0.25, -0.2) is 0 Å². The summed E-state index contributed by atoms with van der Waals surface area (Å²) >= 11 is 11.4. The van der Waals surface area contributed by atoms with Crippen LogP contribution in [-0.4, -0.2) is 6.71 Å². The first-order valence-electron chi connectivity index (χ1n) is 28.2. The number of hydrogen-bond acceptors (Lipinski definition) is 2. The van der Waals surface area contributed by atoms with Crippen LogP contribution in [0.5, 0.6) is 0 Å². The van der Waals surface area contributed by atoms with E-state index < -0.39 is 0 Å². The van der Waals surface area contributed by atoms with E-state index in [-0.39, 0.29) is 33.8 Å². The van der Waals surface area contributed by atoms with Gasteiger partial charge in [-0.05, 0) is 130 Å². The summed E-state index contributed by atoms with van der Waals surface area (Å²) < 4.78 is 1.04. The Morgan fingerprint density at radius 2 is 0.671 bits per heavy atom. The Balaban J connectivity index is 1.28. The van der Waals surface area contributed by atoms with Crippen LogP contribution in [0.3, 0.4) is 0 Å². The molecule has 0 atom stereocenters. The minimum absolute atomic E-state index is 0.00341. The normalized spacial score (nSPS) is 13.6. The van der Waals surface area contributed by atoms with Crippen LogP contribution in [0, 0.1) is 0 Å². The molecule has 2 aliphatic rings. The Morgan fingerprint density at radius 1 is 0.329 bits per heavy atom. The molecule has 11 rings (SSSR count). The van der Waals surface area contributed by atoms with Crippen molar-refractivity contribution in [1.82, 2.24) is 0 Å². The summed E-state index contributed by atoms with van der Waals surface area (Å²) in [6, 6.07) is 69.6. The molecule has 0 unspecified atom stereocenters. The molecule has 0 N–H and O–H groups in total. The second-order valence-electron chi connectivity index (χ2n) is 27.4. The average molecular weight is 1120 g/mol. The van der Waals surface area contributed by atoms with Gasteiger partial charge in [-0.3, -0.25) is 0 Å². The molecule has 0 spiro atoms. The molecule has 9 aromatic rings. The van der Waals surface area contributed by atoms with E-state index in [1.165, 1.54) is 72.1 Å².